The average molecular weight is 192 g/mol. The van der Waals surface area contributed by atoms with E-state index in [-0.39, 0.29) is 6.10 Å². The van der Waals surface area contributed by atoms with Crippen LogP contribution in [0.1, 0.15) is 32.3 Å². The van der Waals surface area contributed by atoms with Crippen molar-refractivity contribution in [2.24, 2.45) is 5.92 Å². The van der Waals surface area contributed by atoms with Gasteiger partial charge in [0.25, 0.3) is 0 Å². The smallest absolute Gasteiger partial charge is 0.0512 e. The fourth-order valence-corrected chi connectivity index (χ4v) is 1.64. The first-order valence-corrected chi connectivity index (χ1v) is 5.40. The minimum Gasteiger partial charge on any atom is -0.393 e. The Morgan fingerprint density at radius 3 is 2.29 bits per heavy atom. The van der Waals surface area contributed by atoms with Crippen LogP contribution >= 0.6 is 0 Å². The predicted octanol–water partition coefficient (Wildman–Crippen LogP) is 3.03. The number of benzene rings is 1. The van der Waals surface area contributed by atoms with E-state index >= 15 is 0 Å². The number of aliphatic hydroxyl groups is 1. The molecular weight excluding hydrogens is 172 g/mol. The third-order valence-corrected chi connectivity index (χ3v) is 2.50. The van der Waals surface area contributed by atoms with Gasteiger partial charge in [-0.25, -0.2) is 0 Å². The van der Waals surface area contributed by atoms with Crippen LogP contribution in [0.5, 0.6) is 0 Å². The van der Waals surface area contributed by atoms with Crippen molar-refractivity contribution < 1.29 is 5.11 Å². The first-order valence-electron chi connectivity index (χ1n) is 5.40. The average Bonchev–Trinajstić information content (AvgIpc) is 2.16. The van der Waals surface area contributed by atoms with E-state index in [0.29, 0.717) is 5.92 Å². The van der Waals surface area contributed by atoms with Crippen LogP contribution in [0.3, 0.4) is 0 Å². The van der Waals surface area contributed by atoms with Gasteiger partial charge in [-0.15, -0.1) is 0 Å². The molecule has 0 aliphatic heterocycles. The molecule has 0 amide bonds. The summed E-state index contributed by atoms with van der Waals surface area (Å²) in [5, 5.41) is 9.17. The summed E-state index contributed by atoms with van der Waals surface area (Å²) in [6.45, 7) is 4.10. The van der Waals surface area contributed by atoms with Crippen LogP contribution in [0.25, 0.3) is 0 Å². The maximum absolute atomic E-state index is 9.17. The van der Waals surface area contributed by atoms with E-state index in [1.165, 1.54) is 5.56 Å². The summed E-state index contributed by atoms with van der Waals surface area (Å²) in [6, 6.07) is 10.5. The Balaban J connectivity index is 2.30. The van der Waals surface area contributed by atoms with Gasteiger partial charge >= 0.3 is 0 Å². The van der Waals surface area contributed by atoms with Gasteiger partial charge in [-0.1, -0.05) is 37.3 Å². The quantitative estimate of drug-likeness (QED) is 0.760. The van der Waals surface area contributed by atoms with Crippen LogP contribution in [0.2, 0.25) is 0 Å². The fourth-order valence-electron chi connectivity index (χ4n) is 1.64. The van der Waals surface area contributed by atoms with Gasteiger partial charge in [0.15, 0.2) is 0 Å². The lowest BCUT2D eigenvalue weighted by Crippen LogP contribution is -2.05. The maximum atomic E-state index is 9.17. The second-order valence-electron chi connectivity index (χ2n) is 4.22. The first kappa shape index (κ1) is 11.3. The van der Waals surface area contributed by atoms with Gasteiger partial charge in [0.1, 0.15) is 0 Å². The van der Waals surface area contributed by atoms with Crippen LogP contribution < -0.4 is 0 Å². The zero-order valence-corrected chi connectivity index (χ0v) is 9.11. The van der Waals surface area contributed by atoms with Crippen LogP contribution in [-0.4, -0.2) is 11.2 Å². The van der Waals surface area contributed by atoms with E-state index in [2.05, 4.69) is 31.2 Å². The summed E-state index contributed by atoms with van der Waals surface area (Å²) in [6.07, 6.45) is 2.97. The molecule has 0 saturated heterocycles. The molecule has 0 fully saturated rings. The standard InChI is InChI=1S/C13H20O/c1-11(8-9-12(2)14)10-13-6-4-3-5-7-13/h3-7,11-12,14H,8-10H2,1-2H3/t11-,12?/m0/s1. The molecule has 1 unspecified atom stereocenters. The molecule has 1 aromatic carbocycles. The molecule has 1 aromatic rings. The lowest BCUT2D eigenvalue weighted by molar-refractivity contribution is 0.174. The van der Waals surface area contributed by atoms with Gasteiger partial charge in [0, 0.05) is 0 Å². The molecule has 14 heavy (non-hydrogen) atoms. The van der Waals surface area contributed by atoms with Crippen molar-refractivity contribution >= 4 is 0 Å². The molecule has 0 bridgehead atoms. The van der Waals surface area contributed by atoms with Crippen molar-refractivity contribution in [2.45, 2.75) is 39.2 Å². The molecule has 0 aliphatic rings. The summed E-state index contributed by atoms with van der Waals surface area (Å²) >= 11 is 0. The highest BCUT2D eigenvalue weighted by molar-refractivity contribution is 5.14. The van der Waals surface area contributed by atoms with E-state index in [9.17, 15) is 0 Å². The number of hydrogen-bond acceptors (Lipinski definition) is 1. The van der Waals surface area contributed by atoms with Crippen LogP contribution in [0.15, 0.2) is 30.3 Å². The maximum Gasteiger partial charge on any atom is 0.0512 e. The van der Waals surface area contributed by atoms with Gasteiger partial charge in [0.2, 0.25) is 0 Å². The minimum absolute atomic E-state index is 0.159. The van der Waals surface area contributed by atoms with Gasteiger partial charge in [-0.2, -0.15) is 0 Å². The fraction of sp³-hybridized carbons (Fsp3) is 0.538. The summed E-state index contributed by atoms with van der Waals surface area (Å²) in [7, 11) is 0. The molecule has 1 heteroatoms. The summed E-state index contributed by atoms with van der Waals surface area (Å²) in [4.78, 5) is 0. The first-order chi connectivity index (χ1) is 6.68. The Morgan fingerprint density at radius 2 is 1.71 bits per heavy atom. The molecule has 0 saturated carbocycles. The summed E-state index contributed by atoms with van der Waals surface area (Å²) in [5.74, 6) is 0.659. The highest BCUT2D eigenvalue weighted by Crippen LogP contribution is 2.14. The molecule has 0 aliphatic carbocycles. The largest absolute Gasteiger partial charge is 0.393 e. The van der Waals surface area contributed by atoms with Crippen molar-refractivity contribution in [3.63, 3.8) is 0 Å². The lowest BCUT2D eigenvalue weighted by atomic mass is 9.95. The molecule has 0 radical (unpaired) electrons. The third-order valence-electron chi connectivity index (χ3n) is 2.50. The van der Waals surface area contributed by atoms with Gasteiger partial charge in [-0.3, -0.25) is 0 Å². The number of aliphatic hydroxyl groups excluding tert-OH is 1. The molecule has 1 N–H and O–H groups in total. The zero-order chi connectivity index (χ0) is 10.4. The van der Waals surface area contributed by atoms with Crippen molar-refractivity contribution in [1.82, 2.24) is 0 Å². The van der Waals surface area contributed by atoms with Crippen molar-refractivity contribution in [1.29, 1.82) is 0 Å². The Morgan fingerprint density at radius 1 is 1.07 bits per heavy atom. The molecule has 0 heterocycles. The molecule has 0 spiro atoms. The SMILES string of the molecule is CC(O)CC[C@H](C)Cc1ccccc1. The van der Waals surface area contributed by atoms with Crippen LogP contribution in [0, 0.1) is 5.92 Å². The zero-order valence-electron chi connectivity index (χ0n) is 9.11. The third kappa shape index (κ3) is 4.43. The molecule has 1 nitrogen and oxygen atoms in total. The van der Waals surface area contributed by atoms with Crippen LogP contribution in [0.4, 0.5) is 0 Å². The van der Waals surface area contributed by atoms with Gasteiger partial charge < -0.3 is 5.11 Å². The van der Waals surface area contributed by atoms with E-state index < -0.39 is 0 Å². The van der Waals surface area contributed by atoms with E-state index in [1.807, 2.05) is 13.0 Å². The topological polar surface area (TPSA) is 20.2 Å². The Labute approximate surface area is 86.8 Å². The Hall–Kier alpha value is -0.820. The Kier molecular flexibility index (Phi) is 4.68. The lowest BCUT2D eigenvalue weighted by Gasteiger charge is -2.12. The highest BCUT2D eigenvalue weighted by atomic mass is 16.3. The molecule has 0 aromatic heterocycles. The van der Waals surface area contributed by atoms with Crippen LogP contribution in [-0.2, 0) is 6.42 Å². The minimum atomic E-state index is -0.159. The molecule has 2 atom stereocenters. The number of hydrogen-bond donors (Lipinski definition) is 1. The van der Waals surface area contributed by atoms with Crippen molar-refractivity contribution in [2.75, 3.05) is 0 Å². The molecule has 78 valence electrons. The Bertz CT molecular complexity index is 241. The highest BCUT2D eigenvalue weighted by Gasteiger charge is 2.05. The second kappa shape index (κ2) is 5.82. The van der Waals surface area contributed by atoms with E-state index in [4.69, 9.17) is 5.11 Å². The van der Waals surface area contributed by atoms with E-state index in [1.54, 1.807) is 0 Å². The monoisotopic (exact) mass is 192 g/mol. The summed E-state index contributed by atoms with van der Waals surface area (Å²) < 4.78 is 0. The normalized spacial score (nSPS) is 15.1. The van der Waals surface area contributed by atoms with Gasteiger partial charge in [0.05, 0.1) is 6.10 Å². The van der Waals surface area contributed by atoms with Gasteiger partial charge in [-0.05, 0) is 37.7 Å². The van der Waals surface area contributed by atoms with Crippen molar-refractivity contribution in [3.05, 3.63) is 35.9 Å². The summed E-state index contributed by atoms with van der Waals surface area (Å²) in [5.41, 5.74) is 1.39. The molecular formula is C13H20O. The molecule has 1 rings (SSSR count). The number of rotatable bonds is 5. The predicted molar refractivity (Wildman–Crippen MR) is 60.2 cm³/mol. The second-order valence-corrected chi connectivity index (χ2v) is 4.22. The van der Waals surface area contributed by atoms with E-state index in [0.717, 1.165) is 19.3 Å². The van der Waals surface area contributed by atoms with Crippen molar-refractivity contribution in [3.8, 4) is 0 Å².